The Kier molecular flexibility index (Phi) is 5.55. The number of halogens is 1. The molecule has 7 heteroatoms. The van der Waals surface area contributed by atoms with Crippen LogP contribution < -0.4 is 15.8 Å². The maximum absolute atomic E-state index is 13.1. The molecule has 0 aliphatic heterocycles. The predicted octanol–water partition coefficient (Wildman–Crippen LogP) is 4.80. The van der Waals surface area contributed by atoms with E-state index in [-0.39, 0.29) is 5.91 Å². The average molecular weight is 466 g/mol. The molecule has 2 aromatic carbocycles. The second-order valence-electron chi connectivity index (χ2n) is 7.28. The van der Waals surface area contributed by atoms with E-state index in [1.807, 2.05) is 24.3 Å². The Hall–Kier alpha value is -3.19. The van der Waals surface area contributed by atoms with E-state index in [0.29, 0.717) is 22.9 Å². The fraction of sp³-hybridized carbons (Fsp3) is 0.174. The quantitative estimate of drug-likeness (QED) is 0.546. The average Bonchev–Trinajstić information content (AvgIpc) is 2.70. The number of amides is 2. The van der Waals surface area contributed by atoms with Crippen LogP contribution >= 0.6 is 15.9 Å². The predicted molar refractivity (Wildman–Crippen MR) is 118 cm³/mol. The van der Waals surface area contributed by atoms with Crippen LogP contribution in [0.15, 0.2) is 71.3 Å². The molecule has 1 heterocycles. The van der Waals surface area contributed by atoms with E-state index >= 15 is 0 Å². The highest BCUT2D eigenvalue weighted by Crippen LogP contribution is 2.44. The highest BCUT2D eigenvalue weighted by Gasteiger charge is 2.45. The molecular weight excluding hydrogens is 446 g/mol. The molecule has 6 nitrogen and oxygen atoms in total. The SMILES string of the molecule is NC(=O)c1cccc(Oc2ccc(NC(=O)C3(c4ccc(Br)cc4)CCC3)cn2)c1. The first-order valence-corrected chi connectivity index (χ1v) is 10.4. The molecule has 2 amide bonds. The highest BCUT2D eigenvalue weighted by molar-refractivity contribution is 9.10. The van der Waals surface area contributed by atoms with Crippen LogP contribution in [0.2, 0.25) is 0 Å². The van der Waals surface area contributed by atoms with Gasteiger partial charge >= 0.3 is 0 Å². The second-order valence-corrected chi connectivity index (χ2v) is 8.19. The summed E-state index contributed by atoms with van der Waals surface area (Å²) in [5.74, 6) is 0.253. The molecule has 0 radical (unpaired) electrons. The van der Waals surface area contributed by atoms with Crippen molar-refractivity contribution in [2.75, 3.05) is 5.32 Å². The molecular formula is C23H20BrN3O3. The number of nitrogens with two attached hydrogens (primary N) is 1. The van der Waals surface area contributed by atoms with Crippen LogP contribution in [0.25, 0.3) is 0 Å². The normalized spacial score (nSPS) is 14.4. The second kappa shape index (κ2) is 8.28. The summed E-state index contributed by atoms with van der Waals surface area (Å²) in [5.41, 5.74) is 6.78. The number of anilines is 1. The number of pyridine rings is 1. The fourth-order valence-corrected chi connectivity index (χ4v) is 3.81. The summed E-state index contributed by atoms with van der Waals surface area (Å²) in [6.45, 7) is 0. The van der Waals surface area contributed by atoms with Crippen LogP contribution in [-0.2, 0) is 10.2 Å². The van der Waals surface area contributed by atoms with E-state index < -0.39 is 11.3 Å². The number of carbonyl (C=O) groups is 2. The van der Waals surface area contributed by atoms with Gasteiger partial charge in [0.15, 0.2) is 0 Å². The topological polar surface area (TPSA) is 94.3 Å². The fourth-order valence-electron chi connectivity index (χ4n) is 3.55. The summed E-state index contributed by atoms with van der Waals surface area (Å²) in [7, 11) is 0. The third-order valence-corrected chi connectivity index (χ3v) is 5.90. The molecule has 3 aromatic rings. The number of hydrogen-bond donors (Lipinski definition) is 2. The van der Waals surface area contributed by atoms with Crippen molar-refractivity contribution in [2.45, 2.75) is 24.7 Å². The zero-order valence-corrected chi connectivity index (χ0v) is 17.7. The molecule has 0 spiro atoms. The Bertz CT molecular complexity index is 1080. The zero-order chi connectivity index (χ0) is 21.1. The number of nitrogens with one attached hydrogen (secondary N) is 1. The summed E-state index contributed by atoms with van der Waals surface area (Å²) in [5, 5.41) is 2.98. The van der Waals surface area contributed by atoms with Crippen LogP contribution in [0.4, 0.5) is 5.69 Å². The molecule has 0 atom stereocenters. The minimum Gasteiger partial charge on any atom is -0.439 e. The number of primary amides is 1. The summed E-state index contributed by atoms with van der Waals surface area (Å²) in [6, 6.07) is 17.9. The molecule has 0 unspecified atom stereocenters. The monoisotopic (exact) mass is 465 g/mol. The minimum atomic E-state index is -0.526. The summed E-state index contributed by atoms with van der Waals surface area (Å²) in [6.07, 6.45) is 4.23. The van der Waals surface area contributed by atoms with Gasteiger partial charge in [0.1, 0.15) is 5.75 Å². The van der Waals surface area contributed by atoms with Crippen molar-refractivity contribution in [2.24, 2.45) is 5.73 Å². The van der Waals surface area contributed by atoms with Gasteiger partial charge in [-0.2, -0.15) is 0 Å². The number of ether oxygens (including phenoxy) is 1. The lowest BCUT2D eigenvalue weighted by Gasteiger charge is -2.40. The highest BCUT2D eigenvalue weighted by atomic mass is 79.9. The first-order valence-electron chi connectivity index (χ1n) is 9.58. The van der Waals surface area contributed by atoms with Gasteiger partial charge in [-0.3, -0.25) is 9.59 Å². The first kappa shape index (κ1) is 20.1. The van der Waals surface area contributed by atoms with Gasteiger partial charge in [-0.15, -0.1) is 0 Å². The smallest absolute Gasteiger partial charge is 0.248 e. The number of nitrogens with zero attached hydrogens (tertiary/aromatic N) is 1. The summed E-state index contributed by atoms with van der Waals surface area (Å²) >= 11 is 3.44. The van der Waals surface area contributed by atoms with Crippen LogP contribution in [0, 0.1) is 0 Å². The van der Waals surface area contributed by atoms with Gasteiger partial charge in [0.25, 0.3) is 0 Å². The minimum absolute atomic E-state index is 0.0271. The van der Waals surface area contributed by atoms with Crippen molar-refractivity contribution in [1.29, 1.82) is 0 Å². The van der Waals surface area contributed by atoms with Crippen molar-refractivity contribution >= 4 is 33.4 Å². The third kappa shape index (κ3) is 4.07. The molecule has 0 bridgehead atoms. The lowest BCUT2D eigenvalue weighted by Crippen LogP contribution is -2.46. The van der Waals surface area contributed by atoms with E-state index in [2.05, 4.69) is 26.2 Å². The molecule has 30 heavy (non-hydrogen) atoms. The van der Waals surface area contributed by atoms with Gasteiger partial charge in [0, 0.05) is 16.1 Å². The number of aromatic nitrogens is 1. The lowest BCUT2D eigenvalue weighted by molar-refractivity contribution is -0.124. The number of hydrogen-bond acceptors (Lipinski definition) is 4. The van der Waals surface area contributed by atoms with Crippen molar-refractivity contribution in [3.63, 3.8) is 0 Å². The molecule has 1 aromatic heterocycles. The van der Waals surface area contributed by atoms with Gasteiger partial charge in [-0.25, -0.2) is 4.98 Å². The van der Waals surface area contributed by atoms with Gasteiger partial charge in [0.05, 0.1) is 17.3 Å². The molecule has 152 valence electrons. The summed E-state index contributed by atoms with van der Waals surface area (Å²) in [4.78, 5) is 28.6. The number of benzene rings is 2. The van der Waals surface area contributed by atoms with Gasteiger partial charge in [0.2, 0.25) is 17.7 Å². The Morgan fingerprint density at radius 2 is 1.83 bits per heavy atom. The van der Waals surface area contributed by atoms with Gasteiger partial charge in [-0.1, -0.05) is 40.5 Å². The van der Waals surface area contributed by atoms with Crippen LogP contribution in [-0.4, -0.2) is 16.8 Å². The van der Waals surface area contributed by atoms with E-state index in [4.69, 9.17) is 10.5 Å². The Balaban J connectivity index is 1.45. The van der Waals surface area contributed by atoms with E-state index in [0.717, 1.165) is 29.3 Å². The third-order valence-electron chi connectivity index (χ3n) is 5.37. The van der Waals surface area contributed by atoms with Crippen molar-refractivity contribution in [3.8, 4) is 11.6 Å². The van der Waals surface area contributed by atoms with Crippen molar-refractivity contribution < 1.29 is 14.3 Å². The molecule has 0 saturated heterocycles. The molecule has 1 saturated carbocycles. The van der Waals surface area contributed by atoms with E-state index in [1.54, 1.807) is 42.6 Å². The zero-order valence-electron chi connectivity index (χ0n) is 16.1. The molecule has 1 aliphatic carbocycles. The number of rotatable bonds is 6. The first-order chi connectivity index (χ1) is 14.5. The Morgan fingerprint density at radius 1 is 1.07 bits per heavy atom. The van der Waals surface area contributed by atoms with Crippen LogP contribution in [0.5, 0.6) is 11.6 Å². The Morgan fingerprint density at radius 3 is 2.43 bits per heavy atom. The van der Waals surface area contributed by atoms with Crippen LogP contribution in [0.1, 0.15) is 35.2 Å². The largest absolute Gasteiger partial charge is 0.439 e. The van der Waals surface area contributed by atoms with Crippen LogP contribution in [0.3, 0.4) is 0 Å². The van der Waals surface area contributed by atoms with E-state index in [1.165, 1.54) is 0 Å². The van der Waals surface area contributed by atoms with E-state index in [9.17, 15) is 9.59 Å². The standard InChI is InChI=1S/C23H20BrN3O3/c24-17-7-5-16(6-8-17)23(11-2-12-23)22(29)27-18-9-10-20(26-14-18)30-19-4-1-3-15(13-19)21(25)28/h1,3-10,13-14H,2,11-12H2,(H2,25,28)(H,27,29). The molecule has 4 rings (SSSR count). The van der Waals surface area contributed by atoms with Crippen molar-refractivity contribution in [3.05, 3.63) is 82.5 Å². The van der Waals surface area contributed by atoms with Gasteiger partial charge < -0.3 is 15.8 Å². The van der Waals surface area contributed by atoms with Crippen molar-refractivity contribution in [1.82, 2.24) is 4.98 Å². The maximum atomic E-state index is 13.1. The summed E-state index contributed by atoms with van der Waals surface area (Å²) < 4.78 is 6.66. The Labute approximate surface area is 182 Å². The maximum Gasteiger partial charge on any atom is 0.248 e. The van der Waals surface area contributed by atoms with Gasteiger partial charge in [-0.05, 0) is 54.8 Å². The molecule has 1 fully saturated rings. The lowest BCUT2D eigenvalue weighted by atomic mass is 9.64. The molecule has 1 aliphatic rings. The number of carbonyl (C=O) groups excluding carboxylic acids is 2. The molecule has 3 N–H and O–H groups in total.